The van der Waals surface area contributed by atoms with Crippen LogP contribution in [-0.2, 0) is 4.79 Å². The first kappa shape index (κ1) is 13.3. The van der Waals surface area contributed by atoms with Gasteiger partial charge in [0.1, 0.15) is 0 Å². The van der Waals surface area contributed by atoms with Gasteiger partial charge in [-0.3, -0.25) is 4.79 Å². The highest BCUT2D eigenvalue weighted by molar-refractivity contribution is 5.75. The molecule has 2 heteroatoms. The normalized spacial score (nSPS) is 11.9. The third kappa shape index (κ3) is 3.68. The average molecular weight is 253 g/mol. The summed E-state index contributed by atoms with van der Waals surface area (Å²) in [6, 6.07) is 18.7. The molecule has 0 aromatic heterocycles. The van der Waals surface area contributed by atoms with Crippen LogP contribution < -0.4 is 5.32 Å². The first-order valence-corrected chi connectivity index (χ1v) is 6.56. The molecule has 0 aliphatic heterocycles. The van der Waals surface area contributed by atoms with Gasteiger partial charge < -0.3 is 5.32 Å². The summed E-state index contributed by atoms with van der Waals surface area (Å²) >= 11 is 0. The average Bonchev–Trinajstić information content (AvgIpc) is 2.41. The van der Waals surface area contributed by atoms with Crippen molar-refractivity contribution < 1.29 is 4.79 Å². The van der Waals surface area contributed by atoms with Crippen molar-refractivity contribution in [2.45, 2.75) is 19.8 Å². The van der Waals surface area contributed by atoms with E-state index in [1.54, 1.807) is 0 Å². The number of carbonyl (C=O) groups excluding carboxylic acids is 1. The van der Waals surface area contributed by atoms with Crippen LogP contribution in [0.3, 0.4) is 0 Å². The van der Waals surface area contributed by atoms with Crippen molar-refractivity contribution >= 4 is 5.91 Å². The van der Waals surface area contributed by atoms with Gasteiger partial charge in [0, 0.05) is 13.5 Å². The molecule has 1 amide bonds. The van der Waals surface area contributed by atoms with E-state index in [4.69, 9.17) is 0 Å². The topological polar surface area (TPSA) is 29.1 Å². The van der Waals surface area contributed by atoms with Gasteiger partial charge in [0.15, 0.2) is 0 Å². The van der Waals surface area contributed by atoms with Gasteiger partial charge in [-0.05, 0) is 22.6 Å². The lowest BCUT2D eigenvalue weighted by Gasteiger charge is -2.11. The van der Waals surface area contributed by atoms with Gasteiger partial charge in [-0.2, -0.15) is 0 Å². The number of carbonyl (C=O) groups is 1. The molecular weight excluding hydrogens is 234 g/mol. The van der Waals surface area contributed by atoms with Crippen molar-refractivity contribution in [2.24, 2.45) is 0 Å². The number of nitrogens with one attached hydrogen (secondary N) is 1. The van der Waals surface area contributed by atoms with Crippen molar-refractivity contribution in [2.75, 3.05) is 6.54 Å². The number of benzene rings is 2. The number of fused-ring (bicyclic) bond motifs is 1. The van der Waals surface area contributed by atoms with Crippen LogP contribution >= 0.6 is 0 Å². The van der Waals surface area contributed by atoms with Gasteiger partial charge in [0.05, 0.1) is 0 Å². The Kier molecular flexibility index (Phi) is 4.35. The molecule has 0 radical (unpaired) electrons. The minimum atomic E-state index is 0.0304. The third-order valence-electron chi connectivity index (χ3n) is 3.24. The minimum absolute atomic E-state index is 0.0304. The number of amides is 1. The zero-order valence-electron chi connectivity index (χ0n) is 11.4. The van der Waals surface area contributed by atoms with E-state index in [1.807, 2.05) is 18.2 Å². The second-order valence-electron chi connectivity index (χ2n) is 4.83. The second kappa shape index (κ2) is 6.19. The number of rotatable bonds is 3. The minimum Gasteiger partial charge on any atom is -0.356 e. The molecule has 19 heavy (non-hydrogen) atoms. The summed E-state index contributed by atoms with van der Waals surface area (Å²) in [5, 5.41) is 2.80. The first-order chi connectivity index (χ1) is 9.16. The van der Waals surface area contributed by atoms with Crippen LogP contribution in [0.15, 0.2) is 54.6 Å². The fourth-order valence-corrected chi connectivity index (χ4v) is 1.86. The Labute approximate surface area is 114 Å². The molecule has 0 heterocycles. The van der Waals surface area contributed by atoms with E-state index in [2.05, 4.69) is 48.6 Å². The smallest absolute Gasteiger partial charge is 0.216 e. The molecule has 1 aromatic rings. The third-order valence-corrected chi connectivity index (χ3v) is 3.24. The maximum absolute atomic E-state index is 10.7. The Morgan fingerprint density at radius 2 is 1.53 bits per heavy atom. The number of hydrogen-bond donors (Lipinski definition) is 1. The Morgan fingerprint density at radius 3 is 1.89 bits per heavy atom. The highest BCUT2D eigenvalue weighted by Crippen LogP contribution is 2.29. The van der Waals surface area contributed by atoms with E-state index < -0.39 is 0 Å². The van der Waals surface area contributed by atoms with Gasteiger partial charge in [-0.15, -0.1) is 0 Å². The van der Waals surface area contributed by atoms with Crippen molar-refractivity contribution in [3.8, 4) is 11.1 Å². The predicted molar refractivity (Wildman–Crippen MR) is 79.0 cm³/mol. The van der Waals surface area contributed by atoms with Crippen LogP contribution in [0.1, 0.15) is 25.3 Å². The summed E-state index contributed by atoms with van der Waals surface area (Å²) in [5.74, 6) is 0.410. The standard InChI is InChI=1S/C11H15NO.C6H4/c1-9(8-12-10(2)13)11-6-4-3-5-7-11;1-2-6-4-3-5(1)6/h3-7,9H,8H2,1-2H3,(H,12,13);1-4H. The molecule has 2 nitrogen and oxygen atoms in total. The Balaban J connectivity index is 0.000000180. The van der Waals surface area contributed by atoms with Crippen LogP contribution in [0.4, 0.5) is 0 Å². The summed E-state index contributed by atoms with van der Waals surface area (Å²) in [6.45, 7) is 4.35. The van der Waals surface area contributed by atoms with Crippen molar-refractivity contribution in [1.82, 2.24) is 5.32 Å². The fourth-order valence-electron chi connectivity index (χ4n) is 1.86. The summed E-state index contributed by atoms with van der Waals surface area (Å²) in [5.41, 5.74) is 4.11. The van der Waals surface area contributed by atoms with Gasteiger partial charge in [-0.25, -0.2) is 0 Å². The zero-order chi connectivity index (χ0) is 13.7. The fraction of sp³-hybridized carbons (Fsp3) is 0.235. The largest absolute Gasteiger partial charge is 0.356 e. The van der Waals surface area contributed by atoms with Crippen molar-refractivity contribution in [3.05, 3.63) is 60.2 Å². The molecule has 1 atom stereocenters. The molecule has 3 rings (SSSR count). The van der Waals surface area contributed by atoms with Gasteiger partial charge in [-0.1, -0.05) is 61.5 Å². The number of hydrogen-bond acceptors (Lipinski definition) is 1. The zero-order valence-corrected chi connectivity index (χ0v) is 11.4. The van der Waals surface area contributed by atoms with E-state index in [-0.39, 0.29) is 5.91 Å². The SMILES string of the molecule is CC(=O)NCC(C)c1ccccc1.c1cc2ccc1-2. The van der Waals surface area contributed by atoms with E-state index >= 15 is 0 Å². The van der Waals surface area contributed by atoms with Crippen molar-refractivity contribution in [1.29, 1.82) is 0 Å². The van der Waals surface area contributed by atoms with Crippen LogP contribution in [0.25, 0.3) is 11.1 Å². The molecular formula is C17H19NO. The lowest BCUT2D eigenvalue weighted by molar-refractivity contribution is -0.119. The maximum Gasteiger partial charge on any atom is 0.216 e. The molecule has 1 aromatic carbocycles. The Hall–Kier alpha value is -2.09. The van der Waals surface area contributed by atoms with E-state index in [9.17, 15) is 4.79 Å². The van der Waals surface area contributed by atoms with Crippen LogP contribution in [0.5, 0.6) is 0 Å². The van der Waals surface area contributed by atoms with E-state index in [1.165, 1.54) is 23.6 Å². The molecule has 98 valence electrons. The molecule has 1 N–H and O–H groups in total. The second-order valence-corrected chi connectivity index (χ2v) is 4.83. The predicted octanol–water partition coefficient (Wildman–Crippen LogP) is 3.59. The lowest BCUT2D eigenvalue weighted by atomic mass is 9.95. The lowest BCUT2D eigenvalue weighted by Crippen LogP contribution is -2.24. The molecule has 0 saturated heterocycles. The van der Waals surface area contributed by atoms with Gasteiger partial charge in [0.25, 0.3) is 0 Å². The first-order valence-electron chi connectivity index (χ1n) is 6.56. The Morgan fingerprint density at radius 1 is 1.00 bits per heavy atom. The summed E-state index contributed by atoms with van der Waals surface area (Å²) in [6.07, 6.45) is 0. The molecule has 0 fully saturated rings. The quantitative estimate of drug-likeness (QED) is 0.759. The van der Waals surface area contributed by atoms with Crippen LogP contribution in [0, 0.1) is 0 Å². The molecule has 2 aliphatic carbocycles. The summed E-state index contributed by atoms with van der Waals surface area (Å²) in [7, 11) is 0. The van der Waals surface area contributed by atoms with Crippen LogP contribution in [-0.4, -0.2) is 12.5 Å². The maximum atomic E-state index is 10.7. The molecule has 1 unspecified atom stereocenters. The van der Waals surface area contributed by atoms with Crippen molar-refractivity contribution in [3.63, 3.8) is 0 Å². The van der Waals surface area contributed by atoms with Gasteiger partial charge in [0.2, 0.25) is 5.91 Å². The highest BCUT2D eigenvalue weighted by Gasteiger charge is 2.04. The summed E-state index contributed by atoms with van der Waals surface area (Å²) < 4.78 is 0. The molecule has 2 aliphatic rings. The molecule has 0 saturated carbocycles. The summed E-state index contributed by atoms with van der Waals surface area (Å²) in [4.78, 5) is 10.7. The monoisotopic (exact) mass is 253 g/mol. The van der Waals surface area contributed by atoms with Gasteiger partial charge >= 0.3 is 0 Å². The molecule has 0 bridgehead atoms. The van der Waals surface area contributed by atoms with E-state index in [0.29, 0.717) is 12.5 Å². The highest BCUT2D eigenvalue weighted by atomic mass is 16.1. The van der Waals surface area contributed by atoms with Crippen LogP contribution in [0.2, 0.25) is 0 Å². The molecule has 0 spiro atoms. The Bertz CT molecular complexity index is 510. The van der Waals surface area contributed by atoms with E-state index in [0.717, 1.165) is 0 Å².